The predicted octanol–water partition coefficient (Wildman–Crippen LogP) is 2.91. The summed E-state index contributed by atoms with van der Waals surface area (Å²) in [7, 11) is 1.43. The third-order valence-corrected chi connectivity index (χ3v) is 3.05. The van der Waals surface area contributed by atoms with Crippen molar-refractivity contribution in [2.45, 2.75) is 39.7 Å². The van der Waals surface area contributed by atoms with Gasteiger partial charge < -0.3 is 10.1 Å². The van der Waals surface area contributed by atoms with Crippen molar-refractivity contribution < 1.29 is 9.53 Å². The van der Waals surface area contributed by atoms with Gasteiger partial charge in [0.1, 0.15) is 0 Å². The number of methoxy groups -OCH3 is 1. The number of nitrogens with one attached hydrogen (secondary N) is 1. The highest BCUT2D eigenvalue weighted by molar-refractivity contribution is 5.70. The van der Waals surface area contributed by atoms with Gasteiger partial charge in [0.25, 0.3) is 0 Å². The van der Waals surface area contributed by atoms with Crippen LogP contribution in [0.3, 0.4) is 0 Å². The summed E-state index contributed by atoms with van der Waals surface area (Å²) >= 11 is 0. The Hall–Kier alpha value is -1.35. The molecule has 0 aliphatic rings. The quantitative estimate of drug-likeness (QED) is 0.788. The van der Waals surface area contributed by atoms with Crippen LogP contribution in [0.5, 0.6) is 0 Å². The summed E-state index contributed by atoms with van der Waals surface area (Å²) in [6, 6.07) is 6.37. The number of rotatable bonds is 6. The second kappa shape index (κ2) is 7.17. The molecule has 1 unspecified atom stereocenters. The maximum absolute atomic E-state index is 11.5. The first-order valence-electron chi connectivity index (χ1n) is 6.45. The summed E-state index contributed by atoms with van der Waals surface area (Å²) in [6.45, 7) is 7.16. The van der Waals surface area contributed by atoms with E-state index in [0.29, 0.717) is 6.42 Å². The molecule has 1 aromatic carbocycles. The van der Waals surface area contributed by atoms with E-state index in [1.54, 1.807) is 0 Å². The van der Waals surface area contributed by atoms with Crippen molar-refractivity contribution in [1.29, 1.82) is 0 Å². The Morgan fingerprint density at radius 3 is 2.72 bits per heavy atom. The molecule has 1 aromatic rings. The fourth-order valence-corrected chi connectivity index (χ4v) is 2.00. The zero-order chi connectivity index (χ0) is 13.5. The summed E-state index contributed by atoms with van der Waals surface area (Å²) in [6.07, 6.45) is 1.42. The van der Waals surface area contributed by atoms with E-state index in [2.05, 4.69) is 44.3 Å². The van der Waals surface area contributed by atoms with Crippen LogP contribution < -0.4 is 5.32 Å². The average molecular weight is 249 g/mol. The largest absolute Gasteiger partial charge is 0.469 e. The van der Waals surface area contributed by atoms with Gasteiger partial charge in [0.15, 0.2) is 0 Å². The van der Waals surface area contributed by atoms with Crippen molar-refractivity contribution in [2.24, 2.45) is 0 Å². The van der Waals surface area contributed by atoms with E-state index < -0.39 is 0 Å². The van der Waals surface area contributed by atoms with Gasteiger partial charge in [-0.15, -0.1) is 0 Å². The molecule has 0 aliphatic heterocycles. The molecule has 0 radical (unpaired) electrons. The number of esters is 1. The Morgan fingerprint density at radius 1 is 1.39 bits per heavy atom. The average Bonchev–Trinajstić information content (AvgIpc) is 2.37. The van der Waals surface area contributed by atoms with Gasteiger partial charge in [-0.3, -0.25) is 4.79 Å². The molecule has 3 nitrogen and oxygen atoms in total. The Bertz CT molecular complexity index is 401. The lowest BCUT2D eigenvalue weighted by molar-refractivity contribution is -0.141. The number of hydrogen-bond acceptors (Lipinski definition) is 3. The molecule has 1 N–H and O–H groups in total. The van der Waals surface area contributed by atoms with Gasteiger partial charge in [-0.2, -0.15) is 0 Å². The van der Waals surface area contributed by atoms with Crippen molar-refractivity contribution in [3.8, 4) is 0 Å². The Labute approximate surface area is 110 Å². The standard InChI is InChI=1S/C15H23NO2/c1-5-8-16-14(10-15(17)18-4)13-9-11(2)6-7-12(13)3/h6-7,9,14,16H,5,8,10H2,1-4H3. The van der Waals surface area contributed by atoms with Gasteiger partial charge in [-0.1, -0.05) is 30.7 Å². The topological polar surface area (TPSA) is 38.3 Å². The summed E-state index contributed by atoms with van der Waals surface area (Å²) in [5.41, 5.74) is 3.61. The van der Waals surface area contributed by atoms with E-state index in [1.807, 2.05) is 0 Å². The molecule has 0 saturated heterocycles. The first-order chi connectivity index (χ1) is 8.58. The summed E-state index contributed by atoms with van der Waals surface area (Å²) in [5, 5.41) is 3.42. The molecule has 0 amide bonds. The van der Waals surface area contributed by atoms with Gasteiger partial charge >= 0.3 is 5.97 Å². The van der Waals surface area contributed by atoms with Crippen LogP contribution in [0.2, 0.25) is 0 Å². The molecule has 100 valence electrons. The van der Waals surface area contributed by atoms with Crippen LogP contribution in [0.4, 0.5) is 0 Å². The van der Waals surface area contributed by atoms with Gasteiger partial charge in [-0.25, -0.2) is 0 Å². The number of ether oxygens (including phenoxy) is 1. The van der Waals surface area contributed by atoms with E-state index in [-0.39, 0.29) is 12.0 Å². The summed E-state index contributed by atoms with van der Waals surface area (Å²) in [4.78, 5) is 11.5. The zero-order valence-electron chi connectivity index (χ0n) is 11.7. The molecule has 0 aliphatic carbocycles. The molecule has 1 atom stereocenters. The van der Waals surface area contributed by atoms with Crippen molar-refractivity contribution in [2.75, 3.05) is 13.7 Å². The number of benzene rings is 1. The van der Waals surface area contributed by atoms with Crippen LogP contribution in [0.15, 0.2) is 18.2 Å². The minimum atomic E-state index is -0.176. The first-order valence-corrected chi connectivity index (χ1v) is 6.45. The van der Waals surface area contributed by atoms with E-state index in [0.717, 1.165) is 13.0 Å². The van der Waals surface area contributed by atoms with Gasteiger partial charge in [0.2, 0.25) is 0 Å². The van der Waals surface area contributed by atoms with Crippen LogP contribution >= 0.6 is 0 Å². The van der Waals surface area contributed by atoms with E-state index in [4.69, 9.17) is 4.74 Å². The van der Waals surface area contributed by atoms with E-state index >= 15 is 0 Å². The Kier molecular flexibility index (Phi) is 5.86. The van der Waals surface area contributed by atoms with Crippen LogP contribution in [0, 0.1) is 13.8 Å². The third kappa shape index (κ3) is 4.15. The number of hydrogen-bond donors (Lipinski definition) is 1. The highest BCUT2D eigenvalue weighted by Gasteiger charge is 2.17. The number of aryl methyl sites for hydroxylation is 2. The molecule has 0 spiro atoms. The number of carbonyl (C=O) groups is 1. The minimum absolute atomic E-state index is 0.0392. The Balaban J connectivity index is 2.92. The molecule has 3 heteroatoms. The van der Waals surface area contributed by atoms with Crippen LogP contribution in [0.25, 0.3) is 0 Å². The molecule has 0 heterocycles. The van der Waals surface area contributed by atoms with Crippen molar-refractivity contribution in [3.63, 3.8) is 0 Å². The highest BCUT2D eigenvalue weighted by atomic mass is 16.5. The molecule has 0 saturated carbocycles. The summed E-state index contributed by atoms with van der Waals surface area (Å²) in [5.74, 6) is -0.176. The van der Waals surface area contributed by atoms with Crippen LogP contribution in [-0.2, 0) is 9.53 Å². The smallest absolute Gasteiger partial charge is 0.307 e. The van der Waals surface area contributed by atoms with Gasteiger partial charge in [0.05, 0.1) is 13.5 Å². The van der Waals surface area contributed by atoms with Crippen LogP contribution in [-0.4, -0.2) is 19.6 Å². The van der Waals surface area contributed by atoms with Crippen LogP contribution in [0.1, 0.15) is 42.5 Å². The highest BCUT2D eigenvalue weighted by Crippen LogP contribution is 2.22. The fourth-order valence-electron chi connectivity index (χ4n) is 2.00. The fraction of sp³-hybridized carbons (Fsp3) is 0.533. The normalized spacial score (nSPS) is 12.2. The molecule has 1 rings (SSSR count). The van der Waals surface area contributed by atoms with E-state index in [9.17, 15) is 4.79 Å². The van der Waals surface area contributed by atoms with Gasteiger partial charge in [0, 0.05) is 6.04 Å². The molecule has 0 bridgehead atoms. The summed E-state index contributed by atoms with van der Waals surface area (Å²) < 4.78 is 4.77. The lowest BCUT2D eigenvalue weighted by Crippen LogP contribution is -2.25. The molecule has 0 fully saturated rings. The predicted molar refractivity (Wildman–Crippen MR) is 73.6 cm³/mol. The lowest BCUT2D eigenvalue weighted by Gasteiger charge is -2.20. The van der Waals surface area contributed by atoms with Crippen molar-refractivity contribution >= 4 is 5.97 Å². The third-order valence-electron chi connectivity index (χ3n) is 3.05. The molecular formula is C15H23NO2. The molecule has 0 aromatic heterocycles. The Morgan fingerprint density at radius 2 is 2.11 bits per heavy atom. The lowest BCUT2D eigenvalue weighted by atomic mass is 9.96. The minimum Gasteiger partial charge on any atom is -0.469 e. The molecular weight excluding hydrogens is 226 g/mol. The zero-order valence-corrected chi connectivity index (χ0v) is 11.7. The molecule has 18 heavy (non-hydrogen) atoms. The maximum Gasteiger partial charge on any atom is 0.307 e. The van der Waals surface area contributed by atoms with Crippen molar-refractivity contribution in [3.05, 3.63) is 34.9 Å². The van der Waals surface area contributed by atoms with E-state index in [1.165, 1.54) is 23.8 Å². The van der Waals surface area contributed by atoms with Gasteiger partial charge in [-0.05, 0) is 37.9 Å². The first kappa shape index (κ1) is 14.7. The SMILES string of the molecule is CCCNC(CC(=O)OC)c1cc(C)ccc1C. The maximum atomic E-state index is 11.5. The second-order valence-electron chi connectivity index (χ2n) is 4.65. The number of carbonyl (C=O) groups excluding carboxylic acids is 1. The monoisotopic (exact) mass is 249 g/mol. The second-order valence-corrected chi connectivity index (χ2v) is 4.65. The van der Waals surface area contributed by atoms with Crippen molar-refractivity contribution in [1.82, 2.24) is 5.32 Å².